The van der Waals surface area contributed by atoms with Crippen molar-refractivity contribution >= 4 is 10.9 Å². The van der Waals surface area contributed by atoms with Crippen molar-refractivity contribution in [3.05, 3.63) is 45.8 Å². The highest BCUT2D eigenvalue weighted by Gasteiger charge is 2.11. The molecule has 72 valence electrons. The molecule has 0 aliphatic rings. The third-order valence-corrected chi connectivity index (χ3v) is 2.11. The van der Waals surface area contributed by atoms with Crippen molar-refractivity contribution < 1.29 is 8.78 Å². The number of fused-ring (bicyclic) bond motifs is 1. The van der Waals surface area contributed by atoms with E-state index in [0.717, 1.165) is 6.07 Å². The van der Waals surface area contributed by atoms with Crippen LogP contribution in [0.2, 0.25) is 0 Å². The summed E-state index contributed by atoms with van der Waals surface area (Å²) in [6.45, 7) is 1.42. The predicted octanol–water partition coefficient (Wildman–Crippen LogP) is 2.11. The molecule has 0 bridgehead atoms. The standard InChI is InChI=1S/C10H7F2NO/c1-5-4-6(11)10-8(9(5)12)7(14)2-3-13-10/h2-4H,1H3,(H,13,14). The van der Waals surface area contributed by atoms with Crippen molar-refractivity contribution in [3.63, 3.8) is 0 Å². The first-order chi connectivity index (χ1) is 6.61. The van der Waals surface area contributed by atoms with E-state index < -0.39 is 17.1 Å². The van der Waals surface area contributed by atoms with Crippen molar-refractivity contribution in [2.45, 2.75) is 6.92 Å². The van der Waals surface area contributed by atoms with Gasteiger partial charge in [0.1, 0.15) is 11.6 Å². The summed E-state index contributed by atoms with van der Waals surface area (Å²) >= 11 is 0. The zero-order valence-corrected chi connectivity index (χ0v) is 7.40. The summed E-state index contributed by atoms with van der Waals surface area (Å²) in [6.07, 6.45) is 1.29. The lowest BCUT2D eigenvalue weighted by atomic mass is 10.1. The molecule has 0 saturated carbocycles. The molecule has 4 heteroatoms. The fourth-order valence-corrected chi connectivity index (χ4v) is 1.41. The topological polar surface area (TPSA) is 32.9 Å². The van der Waals surface area contributed by atoms with E-state index in [9.17, 15) is 13.6 Å². The maximum Gasteiger partial charge on any atom is 0.192 e. The smallest absolute Gasteiger partial charge is 0.192 e. The van der Waals surface area contributed by atoms with E-state index in [1.807, 2.05) is 0 Å². The Labute approximate surface area is 78.2 Å². The first-order valence-electron chi connectivity index (χ1n) is 4.07. The molecule has 1 N–H and O–H groups in total. The number of hydrogen-bond acceptors (Lipinski definition) is 1. The molecule has 14 heavy (non-hydrogen) atoms. The largest absolute Gasteiger partial charge is 0.358 e. The SMILES string of the molecule is Cc1cc(F)c2[nH]ccc(=O)c2c1F. The number of hydrogen-bond donors (Lipinski definition) is 1. The number of pyridine rings is 1. The number of benzene rings is 1. The average molecular weight is 195 g/mol. The molecule has 2 aromatic rings. The van der Waals surface area contributed by atoms with Gasteiger partial charge in [0.25, 0.3) is 0 Å². The molecule has 0 aliphatic heterocycles. The second-order valence-corrected chi connectivity index (χ2v) is 3.08. The van der Waals surface area contributed by atoms with Crippen LogP contribution in [0.4, 0.5) is 8.78 Å². The zero-order valence-electron chi connectivity index (χ0n) is 7.40. The van der Waals surface area contributed by atoms with Crippen molar-refractivity contribution in [1.29, 1.82) is 0 Å². The van der Waals surface area contributed by atoms with Crippen molar-refractivity contribution in [2.24, 2.45) is 0 Å². The Hall–Kier alpha value is -1.71. The quantitative estimate of drug-likeness (QED) is 0.686. The van der Waals surface area contributed by atoms with Gasteiger partial charge in [-0.25, -0.2) is 8.78 Å². The van der Waals surface area contributed by atoms with Crippen LogP contribution < -0.4 is 5.43 Å². The van der Waals surface area contributed by atoms with Gasteiger partial charge < -0.3 is 4.98 Å². The summed E-state index contributed by atoms with van der Waals surface area (Å²) in [6, 6.07) is 2.23. The molecule has 1 aromatic carbocycles. The molecule has 1 heterocycles. The van der Waals surface area contributed by atoms with Crippen LogP contribution in [-0.2, 0) is 0 Å². The predicted molar refractivity (Wildman–Crippen MR) is 49.2 cm³/mol. The Morgan fingerprint density at radius 1 is 1.36 bits per heavy atom. The summed E-state index contributed by atoms with van der Waals surface area (Å²) in [4.78, 5) is 13.8. The van der Waals surface area contributed by atoms with Crippen LogP contribution in [0.15, 0.2) is 23.1 Å². The first kappa shape index (κ1) is 8.87. The van der Waals surface area contributed by atoms with Crippen molar-refractivity contribution in [1.82, 2.24) is 4.98 Å². The summed E-state index contributed by atoms with van der Waals surface area (Å²) < 4.78 is 26.7. The summed E-state index contributed by atoms with van der Waals surface area (Å²) in [5.41, 5.74) is -0.467. The molecule has 0 amide bonds. The van der Waals surface area contributed by atoms with E-state index in [1.54, 1.807) is 0 Å². The Balaban J connectivity index is 3.11. The second kappa shape index (κ2) is 2.90. The molecular weight excluding hydrogens is 188 g/mol. The molecule has 0 fully saturated rings. The fourth-order valence-electron chi connectivity index (χ4n) is 1.41. The zero-order chi connectivity index (χ0) is 10.3. The van der Waals surface area contributed by atoms with Gasteiger partial charge >= 0.3 is 0 Å². The highest BCUT2D eigenvalue weighted by atomic mass is 19.1. The Morgan fingerprint density at radius 3 is 2.79 bits per heavy atom. The van der Waals surface area contributed by atoms with Crippen LogP contribution in [0.25, 0.3) is 10.9 Å². The first-order valence-corrected chi connectivity index (χ1v) is 4.07. The Bertz CT molecular complexity index is 560. The van der Waals surface area contributed by atoms with Gasteiger partial charge in [0.15, 0.2) is 5.43 Å². The molecule has 2 rings (SSSR count). The minimum absolute atomic E-state index is 0.0828. The molecule has 0 aliphatic carbocycles. The molecule has 0 saturated heterocycles. The van der Waals surface area contributed by atoms with E-state index >= 15 is 0 Å². The number of aromatic nitrogens is 1. The fraction of sp³-hybridized carbons (Fsp3) is 0.100. The second-order valence-electron chi connectivity index (χ2n) is 3.08. The molecule has 1 aromatic heterocycles. The number of rotatable bonds is 0. The maximum atomic E-state index is 13.5. The van der Waals surface area contributed by atoms with E-state index in [4.69, 9.17) is 0 Å². The van der Waals surface area contributed by atoms with Crippen LogP contribution >= 0.6 is 0 Å². The lowest BCUT2D eigenvalue weighted by molar-refractivity contribution is 0.607. The van der Waals surface area contributed by atoms with E-state index in [1.165, 1.54) is 19.2 Å². The van der Waals surface area contributed by atoms with Crippen LogP contribution in [0.3, 0.4) is 0 Å². The highest BCUT2D eigenvalue weighted by Crippen LogP contribution is 2.18. The van der Waals surface area contributed by atoms with Crippen LogP contribution in [0.5, 0.6) is 0 Å². The van der Waals surface area contributed by atoms with Gasteiger partial charge in [-0.05, 0) is 18.6 Å². The van der Waals surface area contributed by atoms with E-state index in [2.05, 4.69) is 4.98 Å². The maximum absolute atomic E-state index is 13.5. The minimum atomic E-state index is -0.664. The van der Waals surface area contributed by atoms with E-state index in [-0.39, 0.29) is 16.5 Å². The van der Waals surface area contributed by atoms with Gasteiger partial charge in [-0.15, -0.1) is 0 Å². The number of aryl methyl sites for hydroxylation is 1. The van der Waals surface area contributed by atoms with Crippen LogP contribution in [0.1, 0.15) is 5.56 Å². The molecule has 0 atom stereocenters. The van der Waals surface area contributed by atoms with Gasteiger partial charge in [-0.3, -0.25) is 4.79 Å². The van der Waals surface area contributed by atoms with Gasteiger partial charge in [0.2, 0.25) is 0 Å². The molecule has 0 radical (unpaired) electrons. The minimum Gasteiger partial charge on any atom is -0.358 e. The van der Waals surface area contributed by atoms with Gasteiger partial charge in [-0.2, -0.15) is 0 Å². The van der Waals surface area contributed by atoms with Crippen LogP contribution in [-0.4, -0.2) is 4.98 Å². The molecule has 0 unspecified atom stereocenters. The van der Waals surface area contributed by atoms with Crippen molar-refractivity contribution in [2.75, 3.05) is 0 Å². The Kier molecular flexibility index (Phi) is 1.84. The van der Waals surface area contributed by atoms with Gasteiger partial charge in [-0.1, -0.05) is 0 Å². The average Bonchev–Trinajstić information content (AvgIpc) is 2.14. The van der Waals surface area contributed by atoms with Gasteiger partial charge in [0.05, 0.1) is 10.9 Å². The molecule has 2 nitrogen and oxygen atoms in total. The summed E-state index contributed by atoms with van der Waals surface area (Å²) in [5, 5.41) is -0.218. The number of H-pyrrole nitrogens is 1. The monoisotopic (exact) mass is 195 g/mol. The van der Waals surface area contributed by atoms with Crippen LogP contribution in [0, 0.1) is 18.6 Å². The number of nitrogens with one attached hydrogen (secondary N) is 1. The molecule has 0 spiro atoms. The van der Waals surface area contributed by atoms with Crippen molar-refractivity contribution in [3.8, 4) is 0 Å². The van der Waals surface area contributed by atoms with Gasteiger partial charge in [0, 0.05) is 12.3 Å². The third-order valence-electron chi connectivity index (χ3n) is 2.11. The summed E-state index contributed by atoms with van der Waals surface area (Å²) in [7, 11) is 0. The Morgan fingerprint density at radius 2 is 2.07 bits per heavy atom. The third kappa shape index (κ3) is 1.11. The lowest BCUT2D eigenvalue weighted by Crippen LogP contribution is -2.05. The molecular formula is C10H7F2NO. The van der Waals surface area contributed by atoms with E-state index in [0.29, 0.717) is 0 Å². The number of halogens is 2. The lowest BCUT2D eigenvalue weighted by Gasteiger charge is -2.02. The normalized spacial score (nSPS) is 10.8. The summed E-state index contributed by atoms with van der Waals surface area (Å²) in [5.74, 6) is -1.28. The highest BCUT2D eigenvalue weighted by molar-refractivity contribution is 5.80. The number of aromatic amines is 1.